The van der Waals surface area contributed by atoms with Gasteiger partial charge in [-0.15, -0.1) is 11.3 Å². The highest BCUT2D eigenvalue weighted by atomic mass is 32.1. The normalized spacial score (nSPS) is 10.6. The van der Waals surface area contributed by atoms with Crippen molar-refractivity contribution in [2.75, 3.05) is 0 Å². The molecule has 0 unspecified atom stereocenters. The maximum atomic E-state index is 13.8. The summed E-state index contributed by atoms with van der Waals surface area (Å²) in [6.07, 6.45) is 3.26. The van der Waals surface area contributed by atoms with Crippen LogP contribution in [-0.4, -0.2) is 15.9 Å². The first kappa shape index (κ1) is 14.3. The van der Waals surface area contributed by atoms with E-state index >= 15 is 0 Å². The van der Waals surface area contributed by atoms with Crippen molar-refractivity contribution in [3.63, 3.8) is 0 Å². The Hall–Kier alpha value is -2.60. The maximum absolute atomic E-state index is 13.8. The number of benzene rings is 1. The summed E-state index contributed by atoms with van der Waals surface area (Å²) in [5.41, 5.74) is 0.0583. The number of phenolic OH excluding ortho intramolecular Hbond substituents is 1. The fraction of sp³-hybridized carbons (Fsp3) is 0. The molecule has 0 fully saturated rings. The molecule has 0 spiro atoms. The molecular formula is C16H9F2NO2S. The van der Waals surface area contributed by atoms with Gasteiger partial charge in [0.1, 0.15) is 5.82 Å². The summed E-state index contributed by atoms with van der Waals surface area (Å²) in [7, 11) is 0. The number of thiophene rings is 1. The van der Waals surface area contributed by atoms with Crippen LogP contribution in [0.25, 0.3) is 10.4 Å². The third-order valence-electron chi connectivity index (χ3n) is 3.07. The monoisotopic (exact) mass is 317 g/mol. The van der Waals surface area contributed by atoms with Gasteiger partial charge in [-0.05, 0) is 30.3 Å². The third-order valence-corrected chi connectivity index (χ3v) is 4.21. The van der Waals surface area contributed by atoms with Gasteiger partial charge in [0.2, 0.25) is 5.78 Å². The van der Waals surface area contributed by atoms with Crippen LogP contribution in [0.3, 0.4) is 0 Å². The number of rotatable bonds is 3. The minimum absolute atomic E-state index is 0.183. The second-order valence-corrected chi connectivity index (χ2v) is 5.57. The number of hydrogen-bond acceptors (Lipinski definition) is 4. The molecule has 1 aromatic carbocycles. The van der Waals surface area contributed by atoms with Gasteiger partial charge in [0.25, 0.3) is 0 Å². The predicted octanol–water partition coefficient (Wildman–Crippen LogP) is 4.02. The molecule has 6 heteroatoms. The Kier molecular flexibility index (Phi) is 3.68. The highest BCUT2D eigenvalue weighted by Crippen LogP contribution is 2.31. The van der Waals surface area contributed by atoms with Gasteiger partial charge in [-0.2, -0.15) is 0 Å². The smallest absolute Gasteiger partial charge is 0.209 e. The number of aromatic hydroxyl groups is 1. The second kappa shape index (κ2) is 5.65. The van der Waals surface area contributed by atoms with E-state index in [1.165, 1.54) is 6.07 Å². The molecule has 1 N–H and O–H groups in total. The fourth-order valence-corrected chi connectivity index (χ4v) is 2.94. The number of nitrogens with zero attached hydrogens (tertiary/aromatic N) is 1. The zero-order chi connectivity index (χ0) is 15.7. The van der Waals surface area contributed by atoms with Crippen molar-refractivity contribution >= 4 is 17.1 Å². The number of carbonyl (C=O) groups is 1. The Bertz CT molecular complexity index is 847. The molecule has 0 aliphatic rings. The van der Waals surface area contributed by atoms with E-state index in [4.69, 9.17) is 0 Å². The third kappa shape index (κ3) is 2.48. The van der Waals surface area contributed by atoms with Crippen molar-refractivity contribution in [2.24, 2.45) is 0 Å². The van der Waals surface area contributed by atoms with Gasteiger partial charge >= 0.3 is 0 Å². The molecule has 110 valence electrons. The number of phenols is 1. The molecule has 0 aliphatic heterocycles. The Morgan fingerprint density at radius 2 is 1.95 bits per heavy atom. The summed E-state index contributed by atoms with van der Waals surface area (Å²) >= 11 is 1.11. The predicted molar refractivity (Wildman–Crippen MR) is 79.0 cm³/mol. The summed E-state index contributed by atoms with van der Waals surface area (Å²) in [6, 6.07) is 8.50. The molecular weight excluding hydrogens is 308 g/mol. The molecule has 0 saturated carbocycles. The average molecular weight is 317 g/mol. The number of carbonyl (C=O) groups excluding carboxylic acids is 1. The Morgan fingerprint density at radius 3 is 2.68 bits per heavy atom. The molecule has 3 nitrogen and oxygen atoms in total. The lowest BCUT2D eigenvalue weighted by molar-refractivity contribution is 0.103. The van der Waals surface area contributed by atoms with E-state index in [2.05, 4.69) is 4.98 Å². The summed E-state index contributed by atoms with van der Waals surface area (Å²) < 4.78 is 27.5. The van der Waals surface area contributed by atoms with Crippen molar-refractivity contribution in [1.82, 2.24) is 4.98 Å². The highest BCUT2D eigenvalue weighted by Gasteiger charge is 2.23. The van der Waals surface area contributed by atoms with Crippen LogP contribution in [0.4, 0.5) is 8.78 Å². The first-order chi connectivity index (χ1) is 10.6. The minimum atomic E-state index is -1.25. The van der Waals surface area contributed by atoms with E-state index in [1.807, 2.05) is 6.07 Å². The molecule has 0 amide bonds. The fourth-order valence-electron chi connectivity index (χ4n) is 2.00. The van der Waals surface area contributed by atoms with E-state index in [1.54, 1.807) is 24.5 Å². The molecule has 0 bridgehead atoms. The maximum Gasteiger partial charge on any atom is 0.209 e. The molecule has 22 heavy (non-hydrogen) atoms. The second-order valence-electron chi connectivity index (χ2n) is 4.49. The lowest BCUT2D eigenvalue weighted by Crippen LogP contribution is -2.05. The van der Waals surface area contributed by atoms with Crippen LogP contribution in [-0.2, 0) is 0 Å². The molecule has 3 aromatic rings. The van der Waals surface area contributed by atoms with Crippen LogP contribution in [0.1, 0.15) is 15.2 Å². The van der Waals surface area contributed by atoms with Crippen LogP contribution in [0, 0.1) is 11.6 Å². The molecule has 0 saturated heterocycles. The zero-order valence-electron chi connectivity index (χ0n) is 11.1. The molecule has 3 rings (SSSR count). The van der Waals surface area contributed by atoms with E-state index in [0.29, 0.717) is 0 Å². The van der Waals surface area contributed by atoms with Gasteiger partial charge in [0.15, 0.2) is 11.6 Å². The Labute approximate surface area is 128 Å². The number of halogens is 2. The van der Waals surface area contributed by atoms with E-state index < -0.39 is 28.7 Å². The first-order valence-electron chi connectivity index (χ1n) is 6.30. The van der Waals surface area contributed by atoms with Crippen LogP contribution < -0.4 is 0 Å². The zero-order valence-corrected chi connectivity index (χ0v) is 11.9. The van der Waals surface area contributed by atoms with E-state index in [0.717, 1.165) is 33.9 Å². The van der Waals surface area contributed by atoms with E-state index in [9.17, 15) is 18.7 Å². The van der Waals surface area contributed by atoms with Crippen LogP contribution in [0.15, 0.2) is 48.8 Å². The lowest BCUT2D eigenvalue weighted by atomic mass is 10.1. The average Bonchev–Trinajstić information content (AvgIpc) is 3.02. The van der Waals surface area contributed by atoms with Crippen molar-refractivity contribution in [1.29, 1.82) is 0 Å². The van der Waals surface area contributed by atoms with Crippen LogP contribution >= 0.6 is 11.3 Å². The molecule has 0 radical (unpaired) electrons. The summed E-state index contributed by atoms with van der Waals surface area (Å²) in [4.78, 5) is 17.2. The number of pyridine rings is 1. The van der Waals surface area contributed by atoms with Crippen molar-refractivity contribution in [3.8, 4) is 16.2 Å². The Morgan fingerprint density at radius 1 is 1.14 bits per heavy atom. The van der Waals surface area contributed by atoms with Crippen molar-refractivity contribution in [2.45, 2.75) is 0 Å². The number of aromatic nitrogens is 1. The largest absolute Gasteiger partial charge is 0.505 e. The molecule has 2 aromatic heterocycles. The van der Waals surface area contributed by atoms with Crippen LogP contribution in [0.5, 0.6) is 5.75 Å². The topological polar surface area (TPSA) is 50.2 Å². The van der Waals surface area contributed by atoms with E-state index in [-0.39, 0.29) is 4.88 Å². The molecule has 0 aliphatic carbocycles. The lowest BCUT2D eigenvalue weighted by Gasteiger charge is -2.04. The Balaban J connectivity index is 2.01. The van der Waals surface area contributed by atoms with Gasteiger partial charge in [0, 0.05) is 22.8 Å². The van der Waals surface area contributed by atoms with Gasteiger partial charge in [-0.25, -0.2) is 8.78 Å². The summed E-state index contributed by atoms with van der Waals surface area (Å²) in [5, 5.41) is 9.30. The van der Waals surface area contributed by atoms with Gasteiger partial charge < -0.3 is 5.11 Å². The van der Waals surface area contributed by atoms with Gasteiger partial charge in [0.05, 0.1) is 10.4 Å². The summed E-state index contributed by atoms with van der Waals surface area (Å²) in [6.45, 7) is 0. The molecule has 2 heterocycles. The van der Waals surface area contributed by atoms with Crippen molar-refractivity contribution < 1.29 is 18.7 Å². The van der Waals surface area contributed by atoms with Gasteiger partial charge in [-0.1, -0.05) is 6.07 Å². The number of hydrogen-bond donors (Lipinski definition) is 1. The van der Waals surface area contributed by atoms with Crippen LogP contribution in [0.2, 0.25) is 0 Å². The van der Waals surface area contributed by atoms with Crippen molar-refractivity contribution in [3.05, 3.63) is 70.9 Å². The first-order valence-corrected chi connectivity index (χ1v) is 7.11. The highest BCUT2D eigenvalue weighted by molar-refractivity contribution is 7.17. The minimum Gasteiger partial charge on any atom is -0.505 e. The quantitative estimate of drug-likeness (QED) is 0.742. The summed E-state index contributed by atoms with van der Waals surface area (Å²) in [5.74, 6) is -3.81. The number of ketones is 1. The van der Waals surface area contributed by atoms with Gasteiger partial charge in [-0.3, -0.25) is 9.78 Å². The molecule has 0 atom stereocenters. The standard InChI is InChI=1S/C16H9F2NO2S/c17-10-3-4-11(20)15(18)14(10)16(21)13-6-5-12(22-13)9-2-1-7-19-8-9/h1-8,20H. The SMILES string of the molecule is O=C(c1ccc(-c2cccnc2)s1)c1c(F)ccc(O)c1F.